The number of carbonyl (C=O) groups is 1. The highest BCUT2D eigenvalue weighted by molar-refractivity contribution is 5.94. The van der Waals surface area contributed by atoms with Crippen LogP contribution in [0.5, 0.6) is 5.75 Å². The van der Waals surface area contributed by atoms with Crippen LogP contribution in [0.3, 0.4) is 0 Å². The van der Waals surface area contributed by atoms with E-state index in [4.69, 9.17) is 9.47 Å². The van der Waals surface area contributed by atoms with Crippen molar-refractivity contribution in [3.8, 4) is 5.75 Å². The Morgan fingerprint density at radius 1 is 1.36 bits per heavy atom. The van der Waals surface area contributed by atoms with Gasteiger partial charge in [0.2, 0.25) is 0 Å². The molecular weight excluding hydrogens is 284 g/mol. The van der Waals surface area contributed by atoms with Crippen LogP contribution in [-0.2, 0) is 11.3 Å². The number of fused-ring (bicyclic) bond motifs is 1. The van der Waals surface area contributed by atoms with Gasteiger partial charge in [0.25, 0.3) is 0 Å². The molecule has 0 radical (unpaired) electrons. The van der Waals surface area contributed by atoms with Crippen LogP contribution in [0.2, 0.25) is 0 Å². The largest absolute Gasteiger partial charge is 0.513 e. The molecule has 0 aliphatic rings. The summed E-state index contributed by atoms with van der Waals surface area (Å²) in [7, 11) is 0. The van der Waals surface area contributed by atoms with E-state index in [2.05, 4.69) is 22.3 Å². The summed E-state index contributed by atoms with van der Waals surface area (Å²) in [5.74, 6) is 0.398. The smallest absolute Gasteiger partial charge is 0.434 e. The molecule has 0 aliphatic carbocycles. The zero-order valence-electron chi connectivity index (χ0n) is 13.5. The van der Waals surface area contributed by atoms with E-state index >= 15 is 0 Å². The van der Waals surface area contributed by atoms with Gasteiger partial charge in [-0.3, -0.25) is 0 Å². The summed E-state index contributed by atoms with van der Waals surface area (Å²) in [6, 6.07) is 0. The fourth-order valence-electron chi connectivity index (χ4n) is 2.20. The topological polar surface area (TPSA) is 78.3 Å². The van der Waals surface area contributed by atoms with E-state index in [9.17, 15) is 4.79 Å². The minimum Gasteiger partial charge on any atom is -0.434 e. The zero-order valence-corrected chi connectivity index (χ0v) is 13.5. The van der Waals surface area contributed by atoms with Crippen LogP contribution in [-0.4, -0.2) is 34.1 Å². The summed E-state index contributed by atoms with van der Waals surface area (Å²) in [5.41, 5.74) is 2.13. The average molecular weight is 306 g/mol. The Labute approximate surface area is 129 Å². The Morgan fingerprint density at radius 3 is 2.77 bits per heavy atom. The highest BCUT2D eigenvalue weighted by Gasteiger charge is 2.20. The number of nitrogens with one attached hydrogen (secondary N) is 1. The number of hydrogen-bond donors (Lipinski definition) is 1. The van der Waals surface area contributed by atoms with Gasteiger partial charge in [0, 0.05) is 13.1 Å². The SMILES string of the molecule is CCCNc1c(OC(=O)OCC)c(C)nc2c1cnn2CC. The Hall–Kier alpha value is -2.31. The normalized spacial score (nSPS) is 10.7. The second kappa shape index (κ2) is 7.11. The number of anilines is 1. The van der Waals surface area contributed by atoms with E-state index < -0.39 is 6.16 Å². The standard InChI is InChI=1S/C15H22N4O3/c1-5-8-16-12-11-9-17-19(6-2)14(11)18-10(4)13(12)22-15(20)21-7-3/h9H,5-8H2,1-4H3,(H,16,18). The van der Waals surface area contributed by atoms with Gasteiger partial charge < -0.3 is 14.8 Å². The summed E-state index contributed by atoms with van der Waals surface area (Å²) in [4.78, 5) is 16.2. The van der Waals surface area contributed by atoms with Gasteiger partial charge in [-0.15, -0.1) is 0 Å². The molecule has 0 bridgehead atoms. The second-order valence-corrected chi connectivity index (χ2v) is 4.81. The van der Waals surface area contributed by atoms with Crippen LogP contribution in [0.1, 0.15) is 32.9 Å². The maximum atomic E-state index is 11.7. The number of carbonyl (C=O) groups excluding carboxylic acids is 1. The van der Waals surface area contributed by atoms with Gasteiger partial charge in [-0.2, -0.15) is 5.10 Å². The monoisotopic (exact) mass is 306 g/mol. The van der Waals surface area contributed by atoms with Gasteiger partial charge in [-0.1, -0.05) is 6.92 Å². The lowest BCUT2D eigenvalue weighted by atomic mass is 10.2. The summed E-state index contributed by atoms with van der Waals surface area (Å²) in [5, 5.41) is 8.46. The lowest BCUT2D eigenvalue weighted by Gasteiger charge is -2.14. The average Bonchev–Trinajstić information content (AvgIpc) is 2.89. The number of aromatic nitrogens is 3. The first kappa shape index (κ1) is 16.1. The molecule has 0 fully saturated rings. The van der Waals surface area contributed by atoms with Crippen molar-refractivity contribution in [3.05, 3.63) is 11.9 Å². The molecule has 2 aromatic heterocycles. The van der Waals surface area contributed by atoms with Gasteiger partial charge in [0.15, 0.2) is 11.4 Å². The number of ether oxygens (including phenoxy) is 2. The molecule has 0 saturated heterocycles. The highest BCUT2D eigenvalue weighted by atomic mass is 16.7. The van der Waals surface area contributed by atoms with Crippen molar-refractivity contribution in [3.63, 3.8) is 0 Å². The van der Waals surface area contributed by atoms with Crippen molar-refractivity contribution in [2.24, 2.45) is 0 Å². The fraction of sp³-hybridized carbons (Fsp3) is 0.533. The molecule has 0 amide bonds. The predicted octanol–water partition coefficient (Wildman–Crippen LogP) is 3.12. The predicted molar refractivity (Wildman–Crippen MR) is 84.4 cm³/mol. The first-order valence-corrected chi connectivity index (χ1v) is 7.56. The lowest BCUT2D eigenvalue weighted by molar-refractivity contribution is 0.104. The number of aryl methyl sites for hydroxylation is 2. The molecule has 2 rings (SSSR count). The molecule has 2 heterocycles. The molecule has 22 heavy (non-hydrogen) atoms. The molecule has 120 valence electrons. The Morgan fingerprint density at radius 2 is 2.14 bits per heavy atom. The summed E-state index contributed by atoms with van der Waals surface area (Å²) < 4.78 is 12.0. The molecule has 0 spiro atoms. The first-order chi connectivity index (χ1) is 10.6. The minimum atomic E-state index is -0.728. The third kappa shape index (κ3) is 3.13. The van der Waals surface area contributed by atoms with Crippen LogP contribution < -0.4 is 10.1 Å². The molecule has 7 heteroatoms. The molecule has 0 unspecified atom stereocenters. The summed E-state index contributed by atoms with van der Waals surface area (Å²) in [6.07, 6.45) is 1.96. The van der Waals surface area contributed by atoms with Crippen LogP contribution >= 0.6 is 0 Å². The van der Waals surface area contributed by atoms with Crippen molar-refractivity contribution in [1.82, 2.24) is 14.8 Å². The molecule has 2 aromatic rings. The van der Waals surface area contributed by atoms with Crippen molar-refractivity contribution in [2.45, 2.75) is 40.7 Å². The molecular formula is C15H22N4O3. The maximum Gasteiger partial charge on any atom is 0.513 e. The lowest BCUT2D eigenvalue weighted by Crippen LogP contribution is -2.14. The second-order valence-electron chi connectivity index (χ2n) is 4.81. The summed E-state index contributed by atoms with van der Waals surface area (Å²) in [6.45, 7) is 9.36. The van der Waals surface area contributed by atoms with Gasteiger partial charge >= 0.3 is 6.16 Å². The van der Waals surface area contributed by atoms with Crippen molar-refractivity contribution in [1.29, 1.82) is 0 Å². The van der Waals surface area contributed by atoms with Crippen molar-refractivity contribution >= 4 is 22.9 Å². The van der Waals surface area contributed by atoms with Gasteiger partial charge in [0.1, 0.15) is 0 Å². The summed E-state index contributed by atoms with van der Waals surface area (Å²) >= 11 is 0. The molecule has 7 nitrogen and oxygen atoms in total. The Kier molecular flexibility index (Phi) is 5.19. The van der Waals surface area contributed by atoms with Crippen LogP contribution in [0.4, 0.5) is 10.5 Å². The number of nitrogens with zero attached hydrogens (tertiary/aromatic N) is 3. The molecule has 1 N–H and O–H groups in total. The van der Waals surface area contributed by atoms with E-state index in [1.807, 2.05) is 11.6 Å². The van der Waals surface area contributed by atoms with Gasteiger partial charge in [-0.25, -0.2) is 14.5 Å². The highest BCUT2D eigenvalue weighted by Crippen LogP contribution is 2.35. The molecule has 0 aromatic carbocycles. The fourth-order valence-corrected chi connectivity index (χ4v) is 2.20. The Bertz CT molecular complexity index is 666. The maximum absolute atomic E-state index is 11.7. The van der Waals surface area contributed by atoms with Gasteiger partial charge in [-0.05, 0) is 27.2 Å². The van der Waals surface area contributed by atoms with E-state index in [-0.39, 0.29) is 6.61 Å². The minimum absolute atomic E-state index is 0.263. The van der Waals surface area contributed by atoms with Crippen LogP contribution in [0.25, 0.3) is 11.0 Å². The zero-order chi connectivity index (χ0) is 16.1. The third-order valence-corrected chi connectivity index (χ3v) is 3.21. The van der Waals surface area contributed by atoms with E-state index in [1.54, 1.807) is 20.0 Å². The van der Waals surface area contributed by atoms with Crippen molar-refractivity contribution in [2.75, 3.05) is 18.5 Å². The van der Waals surface area contributed by atoms with Gasteiger partial charge in [0.05, 0.1) is 29.6 Å². The molecule has 0 atom stereocenters. The van der Waals surface area contributed by atoms with E-state index in [0.29, 0.717) is 11.4 Å². The van der Waals surface area contributed by atoms with E-state index in [0.717, 1.165) is 36.2 Å². The Balaban J connectivity index is 2.52. The number of pyridine rings is 1. The third-order valence-electron chi connectivity index (χ3n) is 3.21. The van der Waals surface area contributed by atoms with Crippen LogP contribution in [0, 0.1) is 6.92 Å². The van der Waals surface area contributed by atoms with Crippen molar-refractivity contribution < 1.29 is 14.3 Å². The van der Waals surface area contributed by atoms with Crippen LogP contribution in [0.15, 0.2) is 6.20 Å². The number of hydrogen-bond acceptors (Lipinski definition) is 6. The molecule has 0 saturated carbocycles. The number of rotatable bonds is 6. The first-order valence-electron chi connectivity index (χ1n) is 7.56. The van der Waals surface area contributed by atoms with E-state index in [1.165, 1.54) is 0 Å². The molecule has 0 aliphatic heterocycles. The quantitative estimate of drug-likeness (QED) is 0.826.